The van der Waals surface area contributed by atoms with Gasteiger partial charge in [-0.2, -0.15) is 0 Å². The number of halogens is 1. The maximum absolute atomic E-state index is 5.22. The summed E-state index contributed by atoms with van der Waals surface area (Å²) in [5, 5.41) is 0. The number of nitrogens with zero attached hydrogens (tertiary/aromatic N) is 1. The first kappa shape index (κ1) is 12.6. The molecular weight excluding hydrogens is 269 g/mol. The molecule has 0 spiro atoms. The van der Waals surface area contributed by atoms with Gasteiger partial charge < -0.3 is 9.47 Å². The Labute approximate surface area is 88.9 Å². The average Bonchev–Trinajstić information content (AvgIpc) is 2.06. The molecule has 12 heavy (non-hydrogen) atoms. The van der Waals surface area contributed by atoms with Crippen LogP contribution >= 0.6 is 22.9 Å². The zero-order chi connectivity index (χ0) is 9.23. The lowest BCUT2D eigenvalue weighted by Gasteiger charge is -2.13. The van der Waals surface area contributed by atoms with E-state index in [-0.39, 0.29) is 0 Å². The van der Waals surface area contributed by atoms with Gasteiger partial charge in [0, 0.05) is 49.2 Å². The Bertz CT molecular complexity index is 83.1. The van der Waals surface area contributed by atoms with E-state index in [1.165, 1.54) is 0 Å². The van der Waals surface area contributed by atoms with Gasteiger partial charge in [-0.15, -0.1) is 0 Å². The molecule has 3 nitrogen and oxygen atoms in total. The Balaban J connectivity index is 3.04. The molecule has 0 aliphatic carbocycles. The highest BCUT2D eigenvalue weighted by molar-refractivity contribution is 14.1. The molecule has 0 saturated carbocycles. The van der Waals surface area contributed by atoms with Crippen molar-refractivity contribution < 1.29 is 9.47 Å². The van der Waals surface area contributed by atoms with Gasteiger partial charge in [0.15, 0.2) is 0 Å². The Morgan fingerprint density at radius 1 is 1.00 bits per heavy atom. The van der Waals surface area contributed by atoms with Gasteiger partial charge in [-0.1, -0.05) is 0 Å². The molecule has 0 aliphatic heterocycles. The molecule has 0 aromatic carbocycles. The molecule has 0 aromatic rings. The smallest absolute Gasteiger partial charge is 0.0601 e. The van der Waals surface area contributed by atoms with Crippen LogP contribution in [0, 0.1) is 0 Å². The Morgan fingerprint density at radius 2 is 1.42 bits per heavy atom. The van der Waals surface area contributed by atoms with Crippen molar-refractivity contribution in [1.82, 2.24) is 3.11 Å². The minimum Gasteiger partial charge on any atom is -0.380 e. The second-order valence-corrected chi connectivity index (χ2v) is 3.67. The lowest BCUT2D eigenvalue weighted by Crippen LogP contribution is -2.21. The maximum atomic E-state index is 5.22. The summed E-state index contributed by atoms with van der Waals surface area (Å²) in [6.07, 6.45) is 0. The highest BCUT2D eigenvalue weighted by Crippen LogP contribution is 1.97. The highest BCUT2D eigenvalue weighted by atomic mass is 127. The van der Waals surface area contributed by atoms with Crippen LogP contribution in [-0.4, -0.2) is 42.6 Å². The van der Waals surface area contributed by atoms with E-state index >= 15 is 0 Å². The third-order valence-electron chi connectivity index (χ3n) is 1.36. The molecule has 0 atom stereocenters. The fraction of sp³-hybridized carbons (Fsp3) is 1.00. The molecule has 0 unspecified atom stereocenters. The Kier molecular flexibility index (Phi) is 10.2. The second-order valence-electron chi connectivity index (χ2n) is 2.30. The van der Waals surface area contributed by atoms with Crippen molar-refractivity contribution in [3.63, 3.8) is 0 Å². The summed E-state index contributed by atoms with van der Waals surface area (Å²) >= 11 is 2.29. The van der Waals surface area contributed by atoms with Crippen molar-refractivity contribution in [3.05, 3.63) is 0 Å². The van der Waals surface area contributed by atoms with Crippen LogP contribution in [-0.2, 0) is 9.47 Å². The van der Waals surface area contributed by atoms with Gasteiger partial charge in [0.25, 0.3) is 0 Å². The van der Waals surface area contributed by atoms with E-state index in [1.807, 2.05) is 13.8 Å². The monoisotopic (exact) mass is 287 g/mol. The predicted molar refractivity (Wildman–Crippen MR) is 58.6 cm³/mol. The molecule has 4 heteroatoms. The van der Waals surface area contributed by atoms with E-state index in [1.54, 1.807) is 0 Å². The normalized spacial score (nSPS) is 11.0. The Hall–Kier alpha value is 0.610. The van der Waals surface area contributed by atoms with Crippen LogP contribution in [0.4, 0.5) is 0 Å². The molecule has 0 heterocycles. The van der Waals surface area contributed by atoms with Gasteiger partial charge in [-0.25, -0.2) is 3.11 Å². The fourth-order valence-corrected chi connectivity index (χ4v) is 1.12. The highest BCUT2D eigenvalue weighted by Gasteiger charge is 1.98. The summed E-state index contributed by atoms with van der Waals surface area (Å²) in [6.45, 7) is 9.20. The third kappa shape index (κ3) is 8.70. The van der Waals surface area contributed by atoms with E-state index in [2.05, 4.69) is 26.0 Å². The zero-order valence-corrected chi connectivity index (χ0v) is 10.0. The molecule has 0 fully saturated rings. The number of hydrogen-bond donors (Lipinski definition) is 0. The molecule has 0 amide bonds. The van der Waals surface area contributed by atoms with Crippen LogP contribution < -0.4 is 0 Å². The van der Waals surface area contributed by atoms with Crippen LogP contribution in [0.25, 0.3) is 0 Å². The molecule has 0 bridgehead atoms. The summed E-state index contributed by atoms with van der Waals surface area (Å²) in [4.78, 5) is 0. The summed E-state index contributed by atoms with van der Waals surface area (Å²) in [7, 11) is 0. The van der Waals surface area contributed by atoms with Gasteiger partial charge in [-0.3, -0.25) is 0 Å². The molecule has 0 N–H and O–H groups in total. The quantitative estimate of drug-likeness (QED) is 0.385. The van der Waals surface area contributed by atoms with E-state index in [0.29, 0.717) is 0 Å². The van der Waals surface area contributed by atoms with Crippen molar-refractivity contribution in [2.45, 2.75) is 13.8 Å². The summed E-state index contributed by atoms with van der Waals surface area (Å²) < 4.78 is 12.6. The van der Waals surface area contributed by atoms with Crippen LogP contribution in [0.15, 0.2) is 0 Å². The van der Waals surface area contributed by atoms with E-state index in [9.17, 15) is 0 Å². The van der Waals surface area contributed by atoms with Crippen molar-refractivity contribution in [2.75, 3.05) is 39.5 Å². The first-order valence-electron chi connectivity index (χ1n) is 4.37. The fourth-order valence-electron chi connectivity index (χ4n) is 0.728. The van der Waals surface area contributed by atoms with Crippen molar-refractivity contribution in [1.29, 1.82) is 0 Å². The van der Waals surface area contributed by atoms with Crippen molar-refractivity contribution in [2.24, 2.45) is 0 Å². The van der Waals surface area contributed by atoms with Gasteiger partial charge in [0.2, 0.25) is 0 Å². The summed E-state index contributed by atoms with van der Waals surface area (Å²) in [6, 6.07) is 0. The standard InChI is InChI=1S/C8H18INO2/c1-3-11-7-5-10(9)6-8-12-4-2/h3-8H2,1-2H3. The van der Waals surface area contributed by atoms with Crippen LogP contribution in [0.2, 0.25) is 0 Å². The number of ether oxygens (including phenoxy) is 2. The summed E-state index contributed by atoms with van der Waals surface area (Å²) in [5.41, 5.74) is 0. The van der Waals surface area contributed by atoms with Crippen LogP contribution in [0.3, 0.4) is 0 Å². The van der Waals surface area contributed by atoms with Gasteiger partial charge in [0.05, 0.1) is 13.2 Å². The van der Waals surface area contributed by atoms with Gasteiger partial charge in [0.1, 0.15) is 0 Å². The first-order chi connectivity index (χ1) is 5.81. The van der Waals surface area contributed by atoms with E-state index in [4.69, 9.17) is 9.47 Å². The minimum atomic E-state index is 0.802. The van der Waals surface area contributed by atoms with E-state index < -0.39 is 0 Å². The maximum Gasteiger partial charge on any atom is 0.0601 e. The van der Waals surface area contributed by atoms with Crippen LogP contribution in [0.1, 0.15) is 13.8 Å². The molecule has 0 rings (SSSR count). The largest absolute Gasteiger partial charge is 0.380 e. The topological polar surface area (TPSA) is 21.7 Å². The lowest BCUT2D eigenvalue weighted by molar-refractivity contribution is 0.118. The second kappa shape index (κ2) is 9.70. The molecule has 74 valence electrons. The summed E-state index contributed by atoms with van der Waals surface area (Å²) in [5.74, 6) is 0. The molecule has 0 saturated heterocycles. The van der Waals surface area contributed by atoms with Gasteiger partial charge in [-0.05, 0) is 13.8 Å². The minimum absolute atomic E-state index is 0.802. The lowest BCUT2D eigenvalue weighted by atomic mass is 10.6. The van der Waals surface area contributed by atoms with Crippen molar-refractivity contribution in [3.8, 4) is 0 Å². The van der Waals surface area contributed by atoms with Crippen molar-refractivity contribution >= 4 is 22.9 Å². The van der Waals surface area contributed by atoms with E-state index in [0.717, 1.165) is 39.5 Å². The molecular formula is C8H18INO2. The first-order valence-corrected chi connectivity index (χ1v) is 5.34. The average molecular weight is 287 g/mol. The molecule has 0 aliphatic rings. The Morgan fingerprint density at radius 3 is 1.75 bits per heavy atom. The van der Waals surface area contributed by atoms with Gasteiger partial charge >= 0.3 is 0 Å². The third-order valence-corrected chi connectivity index (χ3v) is 2.33. The number of rotatable bonds is 8. The zero-order valence-electron chi connectivity index (χ0n) is 7.88. The SMILES string of the molecule is CCOCCN(I)CCOCC. The molecule has 0 aromatic heterocycles. The molecule has 0 radical (unpaired) electrons. The number of hydrogen-bond acceptors (Lipinski definition) is 3. The predicted octanol–water partition coefficient (Wildman–Crippen LogP) is 1.71. The van der Waals surface area contributed by atoms with Crippen LogP contribution in [0.5, 0.6) is 0 Å².